The van der Waals surface area contributed by atoms with Gasteiger partial charge in [0.15, 0.2) is 5.82 Å². The molecule has 2 aromatic rings. The molecule has 0 saturated carbocycles. The van der Waals surface area contributed by atoms with Gasteiger partial charge in [-0.05, 0) is 31.2 Å². The quantitative estimate of drug-likeness (QED) is 0.801. The Morgan fingerprint density at radius 2 is 1.84 bits per heavy atom. The van der Waals surface area contributed by atoms with Gasteiger partial charge in [0.2, 0.25) is 15.9 Å². The molecule has 0 unspecified atom stereocenters. The Morgan fingerprint density at radius 3 is 2.40 bits per heavy atom. The number of nitrogens with zero attached hydrogens (tertiary/aromatic N) is 4. The van der Waals surface area contributed by atoms with E-state index in [0.717, 1.165) is 12.1 Å². The highest BCUT2D eigenvalue weighted by atomic mass is 32.2. The largest absolute Gasteiger partial charge is 0.338 e. The molecule has 0 aliphatic carbocycles. The van der Waals surface area contributed by atoms with Crippen LogP contribution in [0.25, 0.3) is 0 Å². The van der Waals surface area contributed by atoms with Crippen LogP contribution in [0.1, 0.15) is 31.6 Å². The van der Waals surface area contributed by atoms with Gasteiger partial charge in [-0.1, -0.05) is 12.1 Å². The molecular formula is C16H21FN4O3S. The van der Waals surface area contributed by atoms with Crippen molar-refractivity contribution in [3.05, 3.63) is 41.8 Å². The highest BCUT2D eigenvalue weighted by Crippen LogP contribution is 2.23. The van der Waals surface area contributed by atoms with Crippen molar-refractivity contribution in [2.45, 2.75) is 31.2 Å². The van der Waals surface area contributed by atoms with Crippen LogP contribution in [0, 0.1) is 5.82 Å². The second kappa shape index (κ2) is 7.19. The first kappa shape index (κ1) is 18.0. The van der Waals surface area contributed by atoms with Gasteiger partial charge in [0.05, 0.1) is 10.9 Å². The summed E-state index contributed by atoms with van der Waals surface area (Å²) in [6.45, 7) is 5.77. The third kappa shape index (κ3) is 3.73. The Hall–Kier alpha value is -1.84. The van der Waals surface area contributed by atoms with Crippen LogP contribution in [0.4, 0.5) is 4.39 Å². The molecule has 0 bridgehead atoms. The van der Waals surface area contributed by atoms with Crippen LogP contribution in [-0.4, -0.2) is 53.9 Å². The van der Waals surface area contributed by atoms with Crippen molar-refractivity contribution in [1.29, 1.82) is 0 Å². The summed E-state index contributed by atoms with van der Waals surface area (Å²) in [4.78, 5) is 6.57. The lowest BCUT2D eigenvalue weighted by atomic mass is 10.2. The van der Waals surface area contributed by atoms with Crippen molar-refractivity contribution in [2.24, 2.45) is 0 Å². The van der Waals surface area contributed by atoms with Gasteiger partial charge in [-0.15, -0.1) is 0 Å². The third-order valence-electron chi connectivity index (χ3n) is 4.43. The van der Waals surface area contributed by atoms with Crippen LogP contribution in [-0.2, 0) is 16.4 Å². The van der Waals surface area contributed by atoms with Crippen LogP contribution >= 0.6 is 0 Å². The zero-order valence-electron chi connectivity index (χ0n) is 14.2. The van der Waals surface area contributed by atoms with E-state index in [1.165, 1.54) is 16.4 Å². The van der Waals surface area contributed by atoms with Crippen LogP contribution in [0.15, 0.2) is 33.7 Å². The van der Waals surface area contributed by atoms with Crippen molar-refractivity contribution in [3.8, 4) is 0 Å². The molecule has 1 saturated heterocycles. The average molecular weight is 368 g/mol. The molecule has 1 fully saturated rings. The molecule has 0 spiro atoms. The van der Waals surface area contributed by atoms with Crippen LogP contribution in [0.3, 0.4) is 0 Å². The van der Waals surface area contributed by atoms with E-state index < -0.39 is 15.8 Å². The van der Waals surface area contributed by atoms with Gasteiger partial charge in [0.25, 0.3) is 0 Å². The lowest BCUT2D eigenvalue weighted by Crippen LogP contribution is -2.49. The molecule has 1 aliphatic heterocycles. The molecule has 1 aromatic heterocycles. The zero-order valence-corrected chi connectivity index (χ0v) is 15.0. The lowest BCUT2D eigenvalue weighted by molar-refractivity contribution is 0.124. The normalized spacial score (nSPS) is 18.4. The van der Waals surface area contributed by atoms with Crippen molar-refractivity contribution in [1.82, 2.24) is 19.3 Å². The highest BCUT2D eigenvalue weighted by Gasteiger charge is 2.31. The van der Waals surface area contributed by atoms with Gasteiger partial charge in [-0.25, -0.2) is 12.8 Å². The molecule has 0 N–H and O–H groups in total. The number of aryl methyl sites for hydroxylation is 1. The Morgan fingerprint density at radius 1 is 1.20 bits per heavy atom. The number of piperazine rings is 1. The maximum atomic E-state index is 13.0. The van der Waals surface area contributed by atoms with Gasteiger partial charge in [-0.3, -0.25) is 4.90 Å². The van der Waals surface area contributed by atoms with Crippen LogP contribution in [0.2, 0.25) is 0 Å². The Labute approximate surface area is 146 Å². The Balaban J connectivity index is 1.65. The summed E-state index contributed by atoms with van der Waals surface area (Å²) in [5.74, 6) is 0.759. The van der Waals surface area contributed by atoms with Crippen molar-refractivity contribution < 1.29 is 17.3 Å². The number of benzene rings is 1. The van der Waals surface area contributed by atoms with E-state index in [0.29, 0.717) is 44.3 Å². The van der Waals surface area contributed by atoms with Crippen molar-refractivity contribution in [2.75, 3.05) is 26.2 Å². The summed E-state index contributed by atoms with van der Waals surface area (Å²) in [6, 6.07) is 4.84. The number of sulfonamides is 1. The Kier molecular flexibility index (Phi) is 5.16. The molecular weight excluding hydrogens is 347 g/mol. The second-order valence-corrected chi connectivity index (χ2v) is 7.91. The number of hydrogen-bond acceptors (Lipinski definition) is 6. The average Bonchev–Trinajstić information content (AvgIpc) is 3.11. The molecule has 0 amide bonds. The molecule has 25 heavy (non-hydrogen) atoms. The predicted octanol–water partition coefficient (Wildman–Crippen LogP) is 1.84. The molecule has 7 nitrogen and oxygen atoms in total. The first-order valence-electron chi connectivity index (χ1n) is 8.24. The minimum absolute atomic E-state index is 0.0662. The molecule has 1 atom stereocenters. The summed E-state index contributed by atoms with van der Waals surface area (Å²) in [5, 5.41) is 3.90. The molecule has 3 rings (SSSR count). The number of rotatable bonds is 5. The molecule has 9 heteroatoms. The topological polar surface area (TPSA) is 79.5 Å². The van der Waals surface area contributed by atoms with Gasteiger partial charge < -0.3 is 4.52 Å². The summed E-state index contributed by atoms with van der Waals surface area (Å²) < 4.78 is 45.0. The first-order chi connectivity index (χ1) is 11.9. The third-order valence-corrected chi connectivity index (χ3v) is 6.34. The van der Waals surface area contributed by atoms with E-state index in [4.69, 9.17) is 4.52 Å². The van der Waals surface area contributed by atoms with Gasteiger partial charge in [0, 0.05) is 32.6 Å². The molecule has 2 heterocycles. The van der Waals surface area contributed by atoms with E-state index in [1.54, 1.807) is 0 Å². The number of hydrogen-bond donors (Lipinski definition) is 0. The second-order valence-electron chi connectivity index (χ2n) is 5.97. The fourth-order valence-electron chi connectivity index (χ4n) is 2.82. The zero-order chi connectivity index (χ0) is 18.0. The Bertz CT molecular complexity index is 814. The summed E-state index contributed by atoms with van der Waals surface area (Å²) in [5.41, 5.74) is 0. The van der Waals surface area contributed by atoms with E-state index in [9.17, 15) is 12.8 Å². The smallest absolute Gasteiger partial charge is 0.243 e. The highest BCUT2D eigenvalue weighted by molar-refractivity contribution is 7.89. The lowest BCUT2D eigenvalue weighted by Gasteiger charge is -2.36. The molecule has 136 valence electrons. The van der Waals surface area contributed by atoms with Gasteiger partial charge >= 0.3 is 0 Å². The molecule has 1 aliphatic rings. The van der Waals surface area contributed by atoms with E-state index in [1.807, 2.05) is 13.8 Å². The monoisotopic (exact) mass is 368 g/mol. The minimum atomic E-state index is -3.60. The predicted molar refractivity (Wildman–Crippen MR) is 88.8 cm³/mol. The molecule has 0 radical (unpaired) electrons. The summed E-state index contributed by atoms with van der Waals surface area (Å²) in [6.07, 6.45) is 0.708. The number of aromatic nitrogens is 2. The minimum Gasteiger partial charge on any atom is -0.338 e. The maximum Gasteiger partial charge on any atom is 0.243 e. The van der Waals surface area contributed by atoms with Gasteiger partial charge in [0.1, 0.15) is 5.82 Å². The van der Waals surface area contributed by atoms with E-state index in [-0.39, 0.29) is 10.9 Å². The fourth-order valence-corrected chi connectivity index (χ4v) is 4.25. The molecule has 1 aromatic carbocycles. The standard InChI is InChI=1S/C16H21FN4O3S/c1-3-15-18-16(24-19-15)12(2)20-8-10-21(11-9-20)25(22,23)14-6-4-13(17)5-7-14/h4-7,12H,3,8-11H2,1-2H3/t12-/m1/s1. The summed E-state index contributed by atoms with van der Waals surface area (Å²) in [7, 11) is -3.60. The van der Waals surface area contributed by atoms with Crippen LogP contribution in [0.5, 0.6) is 0 Å². The van der Waals surface area contributed by atoms with Crippen LogP contribution < -0.4 is 0 Å². The van der Waals surface area contributed by atoms with Gasteiger partial charge in [-0.2, -0.15) is 9.29 Å². The summed E-state index contributed by atoms with van der Waals surface area (Å²) >= 11 is 0. The van der Waals surface area contributed by atoms with E-state index in [2.05, 4.69) is 15.0 Å². The first-order valence-corrected chi connectivity index (χ1v) is 9.68. The number of halogens is 1. The van der Waals surface area contributed by atoms with Crippen molar-refractivity contribution >= 4 is 10.0 Å². The van der Waals surface area contributed by atoms with E-state index >= 15 is 0 Å². The fraction of sp³-hybridized carbons (Fsp3) is 0.500. The van der Waals surface area contributed by atoms with Crippen molar-refractivity contribution in [3.63, 3.8) is 0 Å². The SMILES string of the molecule is CCc1noc([C@@H](C)N2CCN(S(=O)(=O)c3ccc(F)cc3)CC2)n1. The maximum absolute atomic E-state index is 13.0.